The molecule has 4 rings (SSSR count). The van der Waals surface area contributed by atoms with E-state index in [1.54, 1.807) is 6.26 Å². The van der Waals surface area contributed by atoms with E-state index in [0.29, 0.717) is 4.88 Å². The van der Waals surface area contributed by atoms with Crippen molar-refractivity contribution >= 4 is 17.2 Å². The molecular weight excluding hydrogens is 298 g/mol. The van der Waals surface area contributed by atoms with Crippen LogP contribution in [0, 0.1) is 0 Å². The summed E-state index contributed by atoms with van der Waals surface area (Å²) in [4.78, 5) is 18.4. The Morgan fingerprint density at radius 2 is 2.36 bits per heavy atom. The molecule has 1 aliphatic rings. The third-order valence-electron chi connectivity index (χ3n) is 3.86. The molecule has 5 nitrogen and oxygen atoms in total. The van der Waals surface area contributed by atoms with Crippen LogP contribution >= 0.6 is 11.3 Å². The lowest BCUT2D eigenvalue weighted by atomic mass is 10.1. The van der Waals surface area contributed by atoms with E-state index in [1.807, 2.05) is 36.7 Å². The highest BCUT2D eigenvalue weighted by Crippen LogP contribution is 2.28. The van der Waals surface area contributed by atoms with Gasteiger partial charge in [0.1, 0.15) is 11.6 Å². The number of nitrogens with one attached hydrogen (secondary N) is 1. The summed E-state index contributed by atoms with van der Waals surface area (Å²) in [5.41, 5.74) is 0. The van der Waals surface area contributed by atoms with Crippen molar-refractivity contribution in [3.63, 3.8) is 0 Å². The molecule has 1 amide bonds. The zero-order valence-electron chi connectivity index (χ0n) is 11.9. The zero-order chi connectivity index (χ0) is 14.9. The molecule has 3 aromatic heterocycles. The second kappa shape index (κ2) is 5.46. The summed E-state index contributed by atoms with van der Waals surface area (Å²) in [5, 5.41) is 3.12. The molecule has 0 saturated heterocycles. The van der Waals surface area contributed by atoms with Gasteiger partial charge < -0.3 is 14.3 Å². The lowest BCUT2D eigenvalue weighted by molar-refractivity contribution is 0.0931. The van der Waals surface area contributed by atoms with Crippen molar-refractivity contribution in [3.8, 4) is 10.6 Å². The number of furan rings is 1. The number of thiophene rings is 1. The fourth-order valence-corrected chi connectivity index (χ4v) is 3.63. The minimum Gasteiger partial charge on any atom is -0.464 e. The van der Waals surface area contributed by atoms with Crippen LogP contribution in [0.15, 0.2) is 47.3 Å². The summed E-state index contributed by atoms with van der Waals surface area (Å²) in [6.45, 7) is 0.789. The van der Waals surface area contributed by atoms with Gasteiger partial charge in [-0.15, -0.1) is 11.3 Å². The van der Waals surface area contributed by atoms with Crippen LogP contribution in [0.3, 0.4) is 0 Å². The highest BCUT2D eigenvalue weighted by atomic mass is 32.1. The molecule has 0 radical (unpaired) electrons. The van der Waals surface area contributed by atoms with Gasteiger partial charge in [-0.05, 0) is 30.7 Å². The number of aryl methyl sites for hydroxylation is 1. The van der Waals surface area contributed by atoms with Gasteiger partial charge >= 0.3 is 0 Å². The molecule has 1 aliphatic heterocycles. The summed E-state index contributed by atoms with van der Waals surface area (Å²) in [5.74, 6) is 1.88. The van der Waals surface area contributed by atoms with Crippen LogP contribution < -0.4 is 5.32 Å². The largest absolute Gasteiger partial charge is 0.464 e. The Morgan fingerprint density at radius 1 is 1.41 bits per heavy atom. The topological polar surface area (TPSA) is 60.1 Å². The lowest BCUT2D eigenvalue weighted by Crippen LogP contribution is -2.40. The molecule has 22 heavy (non-hydrogen) atoms. The van der Waals surface area contributed by atoms with Gasteiger partial charge in [-0.2, -0.15) is 0 Å². The first-order valence-electron chi connectivity index (χ1n) is 7.24. The van der Waals surface area contributed by atoms with E-state index < -0.39 is 0 Å². The van der Waals surface area contributed by atoms with Gasteiger partial charge in [0, 0.05) is 31.4 Å². The van der Waals surface area contributed by atoms with Crippen LogP contribution in [0.25, 0.3) is 10.6 Å². The van der Waals surface area contributed by atoms with Gasteiger partial charge in [0.15, 0.2) is 0 Å². The minimum absolute atomic E-state index is 0.0172. The lowest BCUT2D eigenvalue weighted by Gasteiger charge is -2.24. The van der Waals surface area contributed by atoms with Crippen LogP contribution in [0.4, 0.5) is 0 Å². The van der Waals surface area contributed by atoms with Gasteiger partial charge in [-0.3, -0.25) is 4.79 Å². The minimum atomic E-state index is -0.0172. The van der Waals surface area contributed by atoms with E-state index in [9.17, 15) is 4.79 Å². The van der Waals surface area contributed by atoms with Crippen molar-refractivity contribution < 1.29 is 9.21 Å². The molecule has 6 heteroatoms. The first kappa shape index (κ1) is 13.3. The van der Waals surface area contributed by atoms with Crippen molar-refractivity contribution in [1.29, 1.82) is 0 Å². The maximum absolute atomic E-state index is 12.4. The first-order valence-corrected chi connectivity index (χ1v) is 8.06. The van der Waals surface area contributed by atoms with Crippen molar-refractivity contribution in [1.82, 2.24) is 14.9 Å². The van der Waals surface area contributed by atoms with Crippen molar-refractivity contribution in [3.05, 3.63) is 53.6 Å². The molecule has 0 spiro atoms. The quantitative estimate of drug-likeness (QED) is 0.809. The highest BCUT2D eigenvalue weighted by Gasteiger charge is 2.21. The molecule has 4 heterocycles. The summed E-state index contributed by atoms with van der Waals surface area (Å²) >= 11 is 1.45. The Kier molecular flexibility index (Phi) is 3.31. The molecule has 0 aliphatic carbocycles. The smallest absolute Gasteiger partial charge is 0.261 e. The summed E-state index contributed by atoms with van der Waals surface area (Å²) in [7, 11) is 0. The molecule has 1 unspecified atom stereocenters. The Labute approximate surface area is 131 Å². The molecular formula is C16H15N3O2S. The van der Waals surface area contributed by atoms with E-state index in [2.05, 4.69) is 14.9 Å². The molecule has 0 fully saturated rings. The third kappa shape index (κ3) is 2.46. The molecule has 1 atom stereocenters. The monoisotopic (exact) mass is 313 g/mol. The van der Waals surface area contributed by atoms with E-state index in [4.69, 9.17) is 4.42 Å². The molecule has 0 aromatic carbocycles. The SMILES string of the molecule is O=C(NC1CCc2nccn2C1)c1ccc(-c2ccco2)s1. The number of fused-ring (bicyclic) bond motifs is 1. The predicted octanol–water partition coefficient (Wildman–Crippen LogP) is 2.95. The fourth-order valence-electron chi connectivity index (χ4n) is 2.75. The van der Waals surface area contributed by atoms with E-state index in [1.165, 1.54) is 11.3 Å². The third-order valence-corrected chi connectivity index (χ3v) is 4.96. The fraction of sp³-hybridized carbons (Fsp3) is 0.250. The highest BCUT2D eigenvalue weighted by molar-refractivity contribution is 7.17. The van der Waals surface area contributed by atoms with Crippen molar-refractivity contribution in [2.24, 2.45) is 0 Å². The van der Waals surface area contributed by atoms with Crippen LogP contribution in [-0.2, 0) is 13.0 Å². The van der Waals surface area contributed by atoms with Crippen LogP contribution in [0.1, 0.15) is 21.9 Å². The molecule has 112 valence electrons. The number of imidazole rings is 1. The number of aromatic nitrogens is 2. The Hall–Kier alpha value is -2.34. The predicted molar refractivity (Wildman–Crippen MR) is 83.8 cm³/mol. The number of carbonyl (C=O) groups is 1. The van der Waals surface area contributed by atoms with Crippen molar-refractivity contribution in [2.75, 3.05) is 0 Å². The molecule has 0 bridgehead atoms. The van der Waals surface area contributed by atoms with Gasteiger partial charge in [0.05, 0.1) is 16.0 Å². The summed E-state index contributed by atoms with van der Waals surface area (Å²) in [6, 6.07) is 7.68. The van der Waals surface area contributed by atoms with E-state index in [0.717, 1.165) is 35.8 Å². The average molecular weight is 313 g/mol. The molecule has 1 N–H and O–H groups in total. The summed E-state index contributed by atoms with van der Waals surface area (Å²) in [6.07, 6.45) is 7.25. The number of hydrogen-bond acceptors (Lipinski definition) is 4. The maximum Gasteiger partial charge on any atom is 0.261 e. The molecule has 0 saturated carbocycles. The van der Waals surface area contributed by atoms with Gasteiger partial charge in [0.25, 0.3) is 5.91 Å². The normalized spacial score (nSPS) is 17.2. The Bertz CT molecular complexity index is 788. The first-order chi connectivity index (χ1) is 10.8. The van der Waals surface area contributed by atoms with Gasteiger partial charge in [-0.1, -0.05) is 0 Å². The second-order valence-electron chi connectivity index (χ2n) is 5.35. The average Bonchev–Trinajstić information content (AvgIpc) is 3.26. The number of carbonyl (C=O) groups excluding carboxylic acids is 1. The number of nitrogens with zero attached hydrogens (tertiary/aromatic N) is 2. The maximum atomic E-state index is 12.4. The number of rotatable bonds is 3. The number of amides is 1. The van der Waals surface area contributed by atoms with E-state index in [-0.39, 0.29) is 11.9 Å². The van der Waals surface area contributed by atoms with Gasteiger partial charge in [-0.25, -0.2) is 4.98 Å². The van der Waals surface area contributed by atoms with Crippen LogP contribution in [0.2, 0.25) is 0 Å². The van der Waals surface area contributed by atoms with Crippen molar-refractivity contribution in [2.45, 2.75) is 25.4 Å². The Balaban J connectivity index is 1.45. The van der Waals surface area contributed by atoms with E-state index >= 15 is 0 Å². The van der Waals surface area contributed by atoms with Crippen LogP contribution in [-0.4, -0.2) is 21.5 Å². The Morgan fingerprint density at radius 3 is 3.23 bits per heavy atom. The zero-order valence-corrected chi connectivity index (χ0v) is 12.7. The number of hydrogen-bond donors (Lipinski definition) is 1. The van der Waals surface area contributed by atoms with Gasteiger partial charge in [0.2, 0.25) is 0 Å². The second-order valence-corrected chi connectivity index (χ2v) is 6.43. The summed E-state index contributed by atoms with van der Waals surface area (Å²) < 4.78 is 7.47. The van der Waals surface area contributed by atoms with Crippen LogP contribution in [0.5, 0.6) is 0 Å². The standard InChI is InChI=1S/C16H15N3O2S/c20-16(14-5-4-13(22-14)12-2-1-9-21-12)18-11-3-6-15-17-7-8-19(15)10-11/h1-2,4-5,7-9,11H,3,6,10H2,(H,18,20). The molecule has 3 aromatic rings.